The number of β-amino-alcohol motifs (C(OH)–C–C–N with tert-alkyl or cyclic N) is 1. The Morgan fingerprint density at radius 2 is 1.82 bits per heavy atom. The molecule has 0 radical (unpaired) electrons. The lowest BCUT2D eigenvalue weighted by Gasteiger charge is -2.33. The van der Waals surface area contributed by atoms with Crippen molar-refractivity contribution in [3.63, 3.8) is 0 Å². The van der Waals surface area contributed by atoms with E-state index >= 15 is 0 Å². The van der Waals surface area contributed by atoms with E-state index in [9.17, 15) is 24.6 Å². The number of carboxylic acids is 1. The topological polar surface area (TPSA) is 119 Å². The van der Waals surface area contributed by atoms with Crippen molar-refractivity contribution in [1.82, 2.24) is 10.6 Å². The molecule has 0 bridgehead atoms. The summed E-state index contributed by atoms with van der Waals surface area (Å²) < 4.78 is 0. The van der Waals surface area contributed by atoms with Crippen molar-refractivity contribution in [1.29, 1.82) is 0 Å². The van der Waals surface area contributed by atoms with Crippen LogP contribution in [0.15, 0.2) is 18.2 Å². The van der Waals surface area contributed by atoms with E-state index in [0.29, 0.717) is 5.92 Å². The molecule has 1 aromatic carbocycles. The molecule has 4 rings (SSSR count). The summed E-state index contributed by atoms with van der Waals surface area (Å²) in [7, 11) is 0. The van der Waals surface area contributed by atoms with Crippen LogP contribution in [0.25, 0.3) is 0 Å². The summed E-state index contributed by atoms with van der Waals surface area (Å²) in [6.07, 6.45) is 11.0. The van der Waals surface area contributed by atoms with E-state index in [1.807, 2.05) is 0 Å². The normalized spacial score (nSPS) is 21.4. The van der Waals surface area contributed by atoms with E-state index in [1.165, 1.54) is 69.2 Å². The van der Waals surface area contributed by atoms with Gasteiger partial charge in [-0.25, -0.2) is 4.79 Å². The summed E-state index contributed by atoms with van der Waals surface area (Å²) in [5.41, 5.74) is 2.80. The van der Waals surface area contributed by atoms with E-state index in [0.717, 1.165) is 43.6 Å². The van der Waals surface area contributed by atoms with Gasteiger partial charge in [0.25, 0.3) is 0 Å². The maximum atomic E-state index is 13.9. The highest BCUT2D eigenvalue weighted by Crippen LogP contribution is 2.47. The molecule has 1 unspecified atom stereocenters. The van der Waals surface area contributed by atoms with Crippen molar-refractivity contribution < 1.29 is 24.6 Å². The van der Waals surface area contributed by atoms with Crippen LogP contribution < -0.4 is 15.5 Å². The lowest BCUT2D eigenvalue weighted by molar-refractivity contribution is -0.140. The van der Waals surface area contributed by atoms with Gasteiger partial charge < -0.3 is 25.7 Å². The molecular weight excluding hydrogens is 502 g/mol. The first-order valence-corrected chi connectivity index (χ1v) is 15.4. The number of aliphatic carboxylic acids is 1. The minimum atomic E-state index is -1.10. The second-order valence-electron chi connectivity index (χ2n) is 11.3. The molecule has 1 saturated heterocycles. The maximum absolute atomic E-state index is 13.9. The molecule has 1 aromatic rings. The molecule has 210 valence electrons. The molecular formula is C29H43N3O5S. The number of benzene rings is 1. The number of nitrogens with zero attached hydrogens (tertiary/aromatic N) is 1. The minimum absolute atomic E-state index is 0.0720. The van der Waals surface area contributed by atoms with Crippen molar-refractivity contribution >= 4 is 35.2 Å². The fraction of sp³-hybridized carbons (Fsp3) is 0.690. The number of thioether (sulfide) groups is 1. The average Bonchev–Trinajstić information content (AvgIpc) is 3.07. The monoisotopic (exact) mass is 545 g/mol. The Bertz CT molecular complexity index is 988. The molecule has 2 amide bonds. The second-order valence-corrected chi connectivity index (χ2v) is 12.4. The van der Waals surface area contributed by atoms with Crippen LogP contribution in [0.4, 0.5) is 5.69 Å². The molecule has 9 heteroatoms. The SMILES string of the molecule is CC(=O)N[C@H](CSCC(O)CN1C(=O)C2(CCNCC2)c2cc(CC3CCCCCCC3)ccc21)C(=O)O. The van der Waals surface area contributed by atoms with Gasteiger partial charge in [0.1, 0.15) is 6.04 Å². The third-order valence-corrected chi connectivity index (χ3v) is 9.58. The van der Waals surface area contributed by atoms with Crippen LogP contribution in [0.5, 0.6) is 0 Å². The van der Waals surface area contributed by atoms with Gasteiger partial charge >= 0.3 is 5.97 Å². The number of amides is 2. The number of rotatable bonds is 10. The van der Waals surface area contributed by atoms with Crippen molar-refractivity contribution in [3.05, 3.63) is 29.3 Å². The summed E-state index contributed by atoms with van der Waals surface area (Å²) in [4.78, 5) is 38.3. The lowest BCUT2D eigenvalue weighted by atomic mass is 9.73. The van der Waals surface area contributed by atoms with Gasteiger partial charge in [0.15, 0.2) is 0 Å². The number of anilines is 1. The van der Waals surface area contributed by atoms with Gasteiger partial charge in [-0.05, 0) is 55.5 Å². The predicted molar refractivity (Wildman–Crippen MR) is 151 cm³/mol. The van der Waals surface area contributed by atoms with Crippen LogP contribution in [-0.4, -0.2) is 71.3 Å². The fourth-order valence-corrected chi connectivity index (χ4v) is 7.39. The largest absolute Gasteiger partial charge is 0.480 e. The van der Waals surface area contributed by atoms with Crippen LogP contribution in [0, 0.1) is 5.92 Å². The molecule has 1 aliphatic carbocycles. The number of piperidine rings is 1. The Hall–Kier alpha value is -2.10. The van der Waals surface area contributed by atoms with Crippen LogP contribution in [-0.2, 0) is 26.2 Å². The molecule has 2 heterocycles. The van der Waals surface area contributed by atoms with E-state index in [2.05, 4.69) is 28.8 Å². The summed E-state index contributed by atoms with van der Waals surface area (Å²) in [6.45, 7) is 3.05. The number of fused-ring (bicyclic) bond motifs is 2. The molecule has 3 aliphatic rings. The summed E-state index contributed by atoms with van der Waals surface area (Å²) in [5, 5.41) is 25.9. The number of aliphatic hydroxyl groups excluding tert-OH is 1. The Morgan fingerprint density at radius 3 is 2.47 bits per heavy atom. The lowest BCUT2D eigenvalue weighted by Crippen LogP contribution is -2.49. The summed E-state index contributed by atoms with van der Waals surface area (Å²) in [5.74, 6) is -0.305. The molecule has 38 heavy (non-hydrogen) atoms. The van der Waals surface area contributed by atoms with Gasteiger partial charge in [0.2, 0.25) is 11.8 Å². The molecule has 2 fully saturated rings. The zero-order chi connectivity index (χ0) is 27.1. The first kappa shape index (κ1) is 28.9. The molecule has 1 spiro atoms. The third-order valence-electron chi connectivity index (χ3n) is 8.39. The third kappa shape index (κ3) is 6.90. The van der Waals surface area contributed by atoms with Gasteiger partial charge in [-0.1, -0.05) is 57.1 Å². The Labute approximate surface area is 230 Å². The van der Waals surface area contributed by atoms with E-state index in [-0.39, 0.29) is 24.0 Å². The second kappa shape index (κ2) is 13.3. The van der Waals surface area contributed by atoms with E-state index in [4.69, 9.17) is 0 Å². The van der Waals surface area contributed by atoms with E-state index in [1.54, 1.807) is 4.90 Å². The summed E-state index contributed by atoms with van der Waals surface area (Å²) >= 11 is 1.26. The van der Waals surface area contributed by atoms with Gasteiger partial charge in [-0.3, -0.25) is 9.59 Å². The highest BCUT2D eigenvalue weighted by molar-refractivity contribution is 7.99. The van der Waals surface area contributed by atoms with Crippen LogP contribution in [0.2, 0.25) is 0 Å². The molecule has 8 nitrogen and oxygen atoms in total. The molecule has 1 saturated carbocycles. The predicted octanol–water partition coefficient (Wildman–Crippen LogP) is 3.24. The fourth-order valence-electron chi connectivity index (χ4n) is 6.41. The van der Waals surface area contributed by atoms with Gasteiger partial charge in [-0.15, -0.1) is 0 Å². The van der Waals surface area contributed by atoms with Gasteiger partial charge in [-0.2, -0.15) is 11.8 Å². The average molecular weight is 546 g/mol. The quantitative estimate of drug-likeness (QED) is 0.356. The number of aliphatic hydroxyl groups is 1. The van der Waals surface area contributed by atoms with Crippen LogP contribution in [0.3, 0.4) is 0 Å². The Kier molecular flexibility index (Phi) is 10.1. The van der Waals surface area contributed by atoms with Crippen molar-refractivity contribution in [3.8, 4) is 0 Å². The number of nitrogens with one attached hydrogen (secondary N) is 2. The molecule has 2 aliphatic heterocycles. The number of hydrogen-bond donors (Lipinski definition) is 4. The first-order chi connectivity index (χ1) is 18.3. The highest BCUT2D eigenvalue weighted by Gasteiger charge is 2.51. The highest BCUT2D eigenvalue weighted by atomic mass is 32.2. The van der Waals surface area contributed by atoms with Crippen molar-refractivity contribution in [2.75, 3.05) is 36.0 Å². The zero-order valence-electron chi connectivity index (χ0n) is 22.5. The molecule has 2 atom stereocenters. The smallest absolute Gasteiger partial charge is 0.327 e. The molecule has 0 aromatic heterocycles. The maximum Gasteiger partial charge on any atom is 0.327 e. The minimum Gasteiger partial charge on any atom is -0.480 e. The number of carbonyl (C=O) groups is 3. The number of hydrogen-bond acceptors (Lipinski definition) is 6. The summed E-state index contributed by atoms with van der Waals surface area (Å²) in [6, 6.07) is 5.53. The van der Waals surface area contributed by atoms with Gasteiger partial charge in [0, 0.05) is 24.1 Å². The van der Waals surface area contributed by atoms with Gasteiger partial charge in [0.05, 0.1) is 18.1 Å². The van der Waals surface area contributed by atoms with Crippen LogP contribution >= 0.6 is 11.8 Å². The zero-order valence-corrected chi connectivity index (χ0v) is 23.4. The van der Waals surface area contributed by atoms with Crippen LogP contribution in [0.1, 0.15) is 75.8 Å². The Balaban J connectivity index is 1.46. The Morgan fingerprint density at radius 1 is 1.13 bits per heavy atom. The first-order valence-electron chi connectivity index (χ1n) is 14.2. The van der Waals surface area contributed by atoms with E-state index < -0.39 is 29.4 Å². The van der Waals surface area contributed by atoms with Crippen molar-refractivity contribution in [2.24, 2.45) is 5.92 Å². The molecule has 4 N–H and O–H groups in total. The number of carbonyl (C=O) groups excluding carboxylic acids is 2. The number of carboxylic acid groups (broad SMARTS) is 1. The standard InChI is InChI=1S/C29H43N3O5S/c1-20(33)31-25(27(35)36)19-38-18-23(34)17-32-26-10-9-22(15-21-7-5-3-2-4-6-8-21)16-24(26)29(28(32)37)11-13-30-14-12-29/h9-10,16,21,23,25,30,34H,2-8,11-15,17-19H2,1H3,(H,31,33)(H,35,36)/t23?,25-/m1/s1. The van der Waals surface area contributed by atoms with Crippen molar-refractivity contribution in [2.45, 2.75) is 88.7 Å².